The highest BCUT2D eigenvalue weighted by molar-refractivity contribution is 7.99. The van der Waals surface area contributed by atoms with Crippen molar-refractivity contribution in [2.45, 2.75) is 32.6 Å². The zero-order chi connectivity index (χ0) is 13.1. The van der Waals surface area contributed by atoms with Gasteiger partial charge >= 0.3 is 0 Å². The third kappa shape index (κ3) is 2.56. The lowest BCUT2D eigenvalue weighted by Gasteiger charge is -2.25. The van der Waals surface area contributed by atoms with Crippen LogP contribution in [0.3, 0.4) is 0 Å². The van der Waals surface area contributed by atoms with Crippen LogP contribution in [0.15, 0.2) is 24.3 Å². The lowest BCUT2D eigenvalue weighted by atomic mass is 10.1. The van der Waals surface area contributed by atoms with E-state index < -0.39 is 0 Å². The zero-order valence-electron chi connectivity index (χ0n) is 11.3. The van der Waals surface area contributed by atoms with Crippen molar-refractivity contribution >= 4 is 17.7 Å². The minimum atomic E-state index is 0.206. The van der Waals surface area contributed by atoms with Crippen LogP contribution in [0.2, 0.25) is 0 Å². The van der Waals surface area contributed by atoms with Crippen molar-refractivity contribution in [2.75, 3.05) is 12.3 Å². The number of hydrogen-bond acceptors (Lipinski definition) is 2. The van der Waals surface area contributed by atoms with Crippen molar-refractivity contribution in [1.82, 2.24) is 4.90 Å². The molecule has 0 aliphatic carbocycles. The van der Waals surface area contributed by atoms with Gasteiger partial charge in [0.1, 0.15) is 5.37 Å². The van der Waals surface area contributed by atoms with Crippen molar-refractivity contribution < 1.29 is 4.79 Å². The molecule has 0 aromatic heterocycles. The second-order valence-corrected chi connectivity index (χ2v) is 6.43. The van der Waals surface area contributed by atoms with E-state index in [2.05, 4.69) is 26.8 Å². The van der Waals surface area contributed by atoms with Crippen molar-refractivity contribution in [3.63, 3.8) is 0 Å². The highest BCUT2D eigenvalue weighted by Crippen LogP contribution is 2.41. The topological polar surface area (TPSA) is 20.3 Å². The van der Waals surface area contributed by atoms with Crippen molar-refractivity contribution in [2.24, 2.45) is 5.92 Å². The summed E-state index contributed by atoms with van der Waals surface area (Å²) in [4.78, 5) is 14.4. The molecule has 0 radical (unpaired) electrons. The Morgan fingerprint density at radius 1 is 1.33 bits per heavy atom. The van der Waals surface area contributed by atoms with E-state index >= 15 is 0 Å². The summed E-state index contributed by atoms with van der Waals surface area (Å²) in [6.07, 6.45) is 1.07. The van der Waals surface area contributed by atoms with Crippen LogP contribution in [0.1, 0.15) is 48.5 Å². The van der Waals surface area contributed by atoms with Crippen molar-refractivity contribution in [3.8, 4) is 0 Å². The number of hydrogen-bond donors (Lipinski definition) is 0. The standard InChI is InChI=1S/C15H21NOS/c1-4-18-15-13-8-6-5-7-12(13)14(17)16(15)10-9-11(2)3/h5-8,11,15H,4,9-10H2,1-3H3/t15-/m0/s1. The van der Waals surface area contributed by atoms with E-state index in [-0.39, 0.29) is 11.3 Å². The molecule has 0 saturated heterocycles. The van der Waals surface area contributed by atoms with E-state index in [1.807, 2.05) is 34.9 Å². The van der Waals surface area contributed by atoms with Gasteiger partial charge in [-0.15, -0.1) is 11.8 Å². The number of rotatable bonds is 5. The first kappa shape index (κ1) is 13.5. The molecule has 18 heavy (non-hydrogen) atoms. The Kier molecular flexibility index (Phi) is 4.33. The summed E-state index contributed by atoms with van der Waals surface area (Å²) in [5.74, 6) is 1.87. The number of carbonyl (C=O) groups excluding carboxylic acids is 1. The molecule has 1 aromatic carbocycles. The lowest BCUT2D eigenvalue weighted by molar-refractivity contribution is 0.0766. The van der Waals surface area contributed by atoms with Gasteiger partial charge in [0.25, 0.3) is 5.91 Å². The normalized spacial score (nSPS) is 18.6. The summed E-state index contributed by atoms with van der Waals surface area (Å²) in [7, 11) is 0. The molecule has 0 N–H and O–H groups in total. The fraction of sp³-hybridized carbons (Fsp3) is 0.533. The molecule has 3 heteroatoms. The van der Waals surface area contributed by atoms with Gasteiger partial charge in [0.15, 0.2) is 0 Å². The summed E-state index contributed by atoms with van der Waals surface area (Å²) in [5.41, 5.74) is 2.09. The predicted octanol–water partition coefficient (Wildman–Crippen LogP) is 3.94. The van der Waals surface area contributed by atoms with E-state index in [9.17, 15) is 4.79 Å². The fourth-order valence-electron chi connectivity index (χ4n) is 2.29. The van der Waals surface area contributed by atoms with Crippen LogP contribution in [0, 0.1) is 5.92 Å². The zero-order valence-corrected chi connectivity index (χ0v) is 12.2. The Bertz CT molecular complexity index is 430. The summed E-state index contributed by atoms with van der Waals surface area (Å²) < 4.78 is 0. The van der Waals surface area contributed by atoms with Gasteiger partial charge in [-0.05, 0) is 29.7 Å². The van der Waals surface area contributed by atoms with Crippen LogP contribution in [0.5, 0.6) is 0 Å². The molecular weight excluding hydrogens is 242 g/mol. The van der Waals surface area contributed by atoms with Gasteiger partial charge in [0.05, 0.1) is 0 Å². The molecule has 0 fully saturated rings. The Hall–Kier alpha value is -0.960. The molecule has 2 rings (SSSR count). The predicted molar refractivity (Wildman–Crippen MR) is 77.8 cm³/mol. The number of thioether (sulfide) groups is 1. The number of amides is 1. The summed E-state index contributed by atoms with van der Waals surface area (Å²) in [6.45, 7) is 7.42. The minimum absolute atomic E-state index is 0.206. The molecule has 0 bridgehead atoms. The number of nitrogens with zero attached hydrogens (tertiary/aromatic N) is 1. The highest BCUT2D eigenvalue weighted by atomic mass is 32.2. The maximum atomic E-state index is 12.4. The number of carbonyl (C=O) groups is 1. The van der Waals surface area contributed by atoms with E-state index in [1.165, 1.54) is 5.56 Å². The van der Waals surface area contributed by atoms with E-state index in [1.54, 1.807) is 0 Å². The quantitative estimate of drug-likeness (QED) is 0.802. The lowest BCUT2D eigenvalue weighted by Crippen LogP contribution is -2.28. The van der Waals surface area contributed by atoms with Crippen LogP contribution in [-0.4, -0.2) is 23.1 Å². The number of benzene rings is 1. The van der Waals surface area contributed by atoms with Crippen LogP contribution in [0.25, 0.3) is 0 Å². The van der Waals surface area contributed by atoms with Gasteiger partial charge in [-0.1, -0.05) is 39.0 Å². The number of fused-ring (bicyclic) bond motifs is 1. The first-order valence-electron chi connectivity index (χ1n) is 6.66. The molecule has 1 aromatic rings. The molecule has 0 spiro atoms. The molecule has 2 nitrogen and oxygen atoms in total. The monoisotopic (exact) mass is 263 g/mol. The third-order valence-electron chi connectivity index (χ3n) is 3.27. The summed E-state index contributed by atoms with van der Waals surface area (Å²) in [5, 5.41) is 0.220. The summed E-state index contributed by atoms with van der Waals surface area (Å²) in [6, 6.07) is 8.03. The Morgan fingerprint density at radius 2 is 2.06 bits per heavy atom. The van der Waals surface area contributed by atoms with Crippen molar-refractivity contribution in [3.05, 3.63) is 35.4 Å². The molecular formula is C15H21NOS. The molecule has 1 aliphatic rings. The van der Waals surface area contributed by atoms with Gasteiger partial charge in [-0.25, -0.2) is 0 Å². The Morgan fingerprint density at radius 3 is 2.72 bits per heavy atom. The van der Waals surface area contributed by atoms with Crippen LogP contribution in [0.4, 0.5) is 0 Å². The minimum Gasteiger partial charge on any atom is -0.322 e. The maximum Gasteiger partial charge on any atom is 0.255 e. The van der Waals surface area contributed by atoms with Gasteiger partial charge < -0.3 is 4.90 Å². The van der Waals surface area contributed by atoms with Crippen LogP contribution >= 0.6 is 11.8 Å². The van der Waals surface area contributed by atoms with Gasteiger partial charge in [-0.2, -0.15) is 0 Å². The molecule has 0 unspecified atom stereocenters. The molecule has 1 heterocycles. The van der Waals surface area contributed by atoms with Crippen molar-refractivity contribution in [1.29, 1.82) is 0 Å². The van der Waals surface area contributed by atoms with Crippen LogP contribution in [-0.2, 0) is 0 Å². The first-order valence-corrected chi connectivity index (χ1v) is 7.71. The summed E-state index contributed by atoms with van der Waals surface area (Å²) >= 11 is 1.85. The highest BCUT2D eigenvalue weighted by Gasteiger charge is 2.35. The smallest absolute Gasteiger partial charge is 0.255 e. The Balaban J connectivity index is 2.23. The Labute approximate surface area is 114 Å². The van der Waals surface area contributed by atoms with Gasteiger partial charge in [0.2, 0.25) is 0 Å². The molecule has 98 valence electrons. The fourth-order valence-corrected chi connectivity index (χ4v) is 3.37. The largest absolute Gasteiger partial charge is 0.322 e. The first-order chi connectivity index (χ1) is 8.65. The second kappa shape index (κ2) is 5.79. The average Bonchev–Trinajstić information content (AvgIpc) is 2.62. The molecule has 0 saturated carbocycles. The van der Waals surface area contributed by atoms with Crippen LogP contribution < -0.4 is 0 Å². The SMILES string of the molecule is CCS[C@H]1c2ccccc2C(=O)N1CCC(C)C. The average molecular weight is 263 g/mol. The molecule has 1 amide bonds. The van der Waals surface area contributed by atoms with E-state index in [4.69, 9.17) is 0 Å². The molecule has 1 aliphatic heterocycles. The third-order valence-corrected chi connectivity index (χ3v) is 4.43. The van der Waals surface area contributed by atoms with Gasteiger partial charge in [0, 0.05) is 12.1 Å². The van der Waals surface area contributed by atoms with E-state index in [0.717, 1.165) is 24.3 Å². The van der Waals surface area contributed by atoms with E-state index in [0.29, 0.717) is 5.92 Å². The van der Waals surface area contributed by atoms with Gasteiger partial charge in [-0.3, -0.25) is 4.79 Å². The maximum absolute atomic E-state index is 12.4. The second-order valence-electron chi connectivity index (χ2n) is 5.08. The molecule has 1 atom stereocenters.